The number of benzene rings is 3. The number of rotatable bonds is 3. The van der Waals surface area contributed by atoms with Crippen LogP contribution < -0.4 is 10.8 Å². The zero-order valence-electron chi connectivity index (χ0n) is 16.1. The fourth-order valence-electron chi connectivity index (χ4n) is 3.49. The maximum atomic E-state index is 6.27. The highest BCUT2D eigenvalue weighted by Crippen LogP contribution is 2.27. The molecule has 0 saturated carbocycles. The summed E-state index contributed by atoms with van der Waals surface area (Å²) in [6.07, 6.45) is 0. The number of hydrogen-bond donors (Lipinski definition) is 1. The standard InChI is InChI=1S/C24H19N3OS/c1-15-12-16(2)23-18(13-15)20(14-21(28-23)17-8-4-3-5-9-17)26-27-24-25-19-10-6-7-11-22(19)29-24/h3-14H,1-2H3,(H,25,27)/b26-20+. The van der Waals surface area contributed by atoms with Crippen LogP contribution in [0.5, 0.6) is 0 Å². The van der Waals surface area contributed by atoms with Crippen LogP contribution in [0.25, 0.3) is 32.5 Å². The maximum absolute atomic E-state index is 6.27. The van der Waals surface area contributed by atoms with E-state index in [0.29, 0.717) is 0 Å². The SMILES string of the molecule is Cc1cc(C)c2oc(-c3ccccc3)c/c(=N\Nc3nc4ccccc4s3)c2c1. The smallest absolute Gasteiger partial charge is 0.204 e. The molecular formula is C24H19N3OS. The Labute approximate surface area is 172 Å². The summed E-state index contributed by atoms with van der Waals surface area (Å²) in [7, 11) is 0. The third-order valence-corrected chi connectivity index (χ3v) is 5.74. The average Bonchev–Trinajstić information content (AvgIpc) is 3.16. The van der Waals surface area contributed by atoms with Crippen LogP contribution >= 0.6 is 11.3 Å². The molecule has 0 radical (unpaired) electrons. The molecule has 1 N–H and O–H groups in total. The van der Waals surface area contributed by atoms with E-state index in [0.717, 1.165) is 48.6 Å². The number of anilines is 1. The van der Waals surface area contributed by atoms with Crippen LogP contribution in [0.3, 0.4) is 0 Å². The Morgan fingerprint density at radius 1 is 0.931 bits per heavy atom. The van der Waals surface area contributed by atoms with Gasteiger partial charge in [0.2, 0.25) is 5.13 Å². The Hall–Kier alpha value is -3.44. The fourth-order valence-corrected chi connectivity index (χ4v) is 4.30. The van der Waals surface area contributed by atoms with Crippen LogP contribution in [0.2, 0.25) is 0 Å². The van der Waals surface area contributed by atoms with Crippen LogP contribution in [0, 0.1) is 13.8 Å². The lowest BCUT2D eigenvalue weighted by atomic mass is 10.1. The second kappa shape index (κ2) is 7.18. The van der Waals surface area contributed by atoms with E-state index in [4.69, 9.17) is 9.52 Å². The van der Waals surface area contributed by atoms with Gasteiger partial charge in [0, 0.05) is 17.0 Å². The first-order valence-electron chi connectivity index (χ1n) is 9.43. The topological polar surface area (TPSA) is 50.4 Å². The molecule has 5 rings (SSSR count). The van der Waals surface area contributed by atoms with Crippen molar-refractivity contribution in [2.75, 3.05) is 5.43 Å². The molecule has 0 fully saturated rings. The summed E-state index contributed by atoms with van der Waals surface area (Å²) in [6, 6.07) is 24.4. The predicted octanol–water partition coefficient (Wildman–Crippen LogP) is 6.25. The highest BCUT2D eigenvalue weighted by atomic mass is 32.1. The number of thiazole rings is 1. The van der Waals surface area contributed by atoms with Gasteiger partial charge >= 0.3 is 0 Å². The van der Waals surface area contributed by atoms with Crippen LogP contribution in [0.15, 0.2) is 82.3 Å². The van der Waals surface area contributed by atoms with Gasteiger partial charge in [0.1, 0.15) is 11.3 Å². The number of para-hydroxylation sites is 1. The maximum Gasteiger partial charge on any atom is 0.204 e. The Morgan fingerprint density at radius 3 is 2.55 bits per heavy atom. The largest absolute Gasteiger partial charge is 0.456 e. The molecule has 4 nitrogen and oxygen atoms in total. The zero-order chi connectivity index (χ0) is 19.8. The summed E-state index contributed by atoms with van der Waals surface area (Å²) in [6.45, 7) is 4.15. The first-order chi connectivity index (χ1) is 14.2. The first kappa shape index (κ1) is 17.6. The van der Waals surface area contributed by atoms with Gasteiger partial charge in [-0.05, 0) is 43.2 Å². The fraction of sp³-hybridized carbons (Fsp3) is 0.0833. The summed E-state index contributed by atoms with van der Waals surface area (Å²) in [5.41, 5.74) is 8.26. The minimum atomic E-state index is 0.769. The summed E-state index contributed by atoms with van der Waals surface area (Å²) < 4.78 is 7.41. The quantitative estimate of drug-likeness (QED) is 0.366. The number of fused-ring (bicyclic) bond motifs is 2. The Balaban J connectivity index is 1.68. The van der Waals surface area contributed by atoms with Crippen molar-refractivity contribution in [2.24, 2.45) is 5.10 Å². The molecule has 142 valence electrons. The molecule has 0 atom stereocenters. The van der Waals surface area contributed by atoms with Crippen molar-refractivity contribution >= 4 is 37.7 Å². The van der Waals surface area contributed by atoms with E-state index in [1.54, 1.807) is 11.3 Å². The number of nitrogens with zero attached hydrogens (tertiary/aromatic N) is 2. The summed E-state index contributed by atoms with van der Waals surface area (Å²) in [5.74, 6) is 0.787. The molecule has 0 saturated heterocycles. The Kier molecular flexibility index (Phi) is 4.37. The molecule has 5 aromatic rings. The molecule has 0 spiro atoms. The molecule has 0 aliphatic heterocycles. The second-order valence-electron chi connectivity index (χ2n) is 7.03. The lowest BCUT2D eigenvalue weighted by molar-refractivity contribution is 0.615. The second-order valence-corrected chi connectivity index (χ2v) is 8.06. The molecule has 3 aromatic carbocycles. The third kappa shape index (κ3) is 3.41. The first-order valence-corrected chi connectivity index (χ1v) is 10.2. The van der Waals surface area contributed by atoms with Gasteiger partial charge in [-0.3, -0.25) is 5.43 Å². The lowest BCUT2D eigenvalue weighted by Crippen LogP contribution is -2.08. The van der Waals surface area contributed by atoms with Gasteiger partial charge in [-0.15, -0.1) is 0 Å². The van der Waals surface area contributed by atoms with Gasteiger partial charge in [-0.25, -0.2) is 4.98 Å². The summed E-state index contributed by atoms with van der Waals surface area (Å²) >= 11 is 1.59. The molecule has 5 heteroatoms. The molecule has 0 bridgehead atoms. The van der Waals surface area contributed by atoms with Crippen molar-refractivity contribution in [1.29, 1.82) is 0 Å². The number of hydrogen-bond acceptors (Lipinski definition) is 5. The molecular weight excluding hydrogens is 378 g/mol. The van der Waals surface area contributed by atoms with E-state index in [9.17, 15) is 0 Å². The van der Waals surface area contributed by atoms with Crippen LogP contribution in [-0.2, 0) is 0 Å². The molecule has 0 amide bonds. The monoisotopic (exact) mass is 397 g/mol. The van der Waals surface area contributed by atoms with Gasteiger partial charge in [0.15, 0.2) is 0 Å². The summed E-state index contributed by atoms with van der Waals surface area (Å²) in [5, 5.41) is 7.29. The van der Waals surface area contributed by atoms with Crippen LogP contribution in [0.4, 0.5) is 5.13 Å². The van der Waals surface area contributed by atoms with Crippen LogP contribution in [-0.4, -0.2) is 4.98 Å². The minimum absolute atomic E-state index is 0.769. The lowest BCUT2D eigenvalue weighted by Gasteiger charge is -2.08. The van der Waals surface area contributed by atoms with Gasteiger partial charge in [-0.1, -0.05) is 59.9 Å². The highest BCUT2D eigenvalue weighted by Gasteiger charge is 2.09. The molecule has 2 heterocycles. The number of aryl methyl sites for hydroxylation is 2. The molecule has 0 unspecified atom stereocenters. The molecule has 0 aliphatic rings. The van der Waals surface area contributed by atoms with E-state index < -0.39 is 0 Å². The number of nitrogens with one attached hydrogen (secondary N) is 1. The van der Waals surface area contributed by atoms with E-state index in [-0.39, 0.29) is 0 Å². The van der Waals surface area contributed by atoms with Crippen molar-refractivity contribution in [1.82, 2.24) is 4.98 Å². The van der Waals surface area contributed by atoms with E-state index in [1.807, 2.05) is 54.6 Å². The van der Waals surface area contributed by atoms with Gasteiger partial charge in [-0.2, -0.15) is 5.10 Å². The molecule has 29 heavy (non-hydrogen) atoms. The van der Waals surface area contributed by atoms with E-state index in [2.05, 4.69) is 42.5 Å². The van der Waals surface area contributed by atoms with E-state index in [1.165, 1.54) is 5.56 Å². The van der Waals surface area contributed by atoms with Gasteiger partial charge in [0.25, 0.3) is 0 Å². The summed E-state index contributed by atoms with van der Waals surface area (Å²) in [4.78, 5) is 4.61. The van der Waals surface area contributed by atoms with Crippen molar-refractivity contribution in [3.05, 3.63) is 89.3 Å². The number of aromatic nitrogens is 1. The van der Waals surface area contributed by atoms with Gasteiger partial charge in [0.05, 0.1) is 15.6 Å². The highest BCUT2D eigenvalue weighted by molar-refractivity contribution is 7.22. The van der Waals surface area contributed by atoms with Crippen molar-refractivity contribution in [3.63, 3.8) is 0 Å². The Bertz CT molecular complexity index is 1370. The normalized spacial score (nSPS) is 12.0. The van der Waals surface area contributed by atoms with Crippen LogP contribution in [0.1, 0.15) is 11.1 Å². The van der Waals surface area contributed by atoms with Crippen molar-refractivity contribution in [3.8, 4) is 11.3 Å². The van der Waals surface area contributed by atoms with E-state index >= 15 is 0 Å². The Morgan fingerprint density at radius 2 is 1.72 bits per heavy atom. The third-order valence-electron chi connectivity index (χ3n) is 4.80. The van der Waals surface area contributed by atoms with Crippen molar-refractivity contribution < 1.29 is 4.42 Å². The predicted molar refractivity (Wildman–Crippen MR) is 120 cm³/mol. The molecule has 0 aliphatic carbocycles. The molecule has 2 aromatic heterocycles. The van der Waals surface area contributed by atoms with Gasteiger partial charge < -0.3 is 4.42 Å². The zero-order valence-corrected chi connectivity index (χ0v) is 17.0. The minimum Gasteiger partial charge on any atom is -0.456 e. The average molecular weight is 398 g/mol. The van der Waals surface area contributed by atoms with Crippen molar-refractivity contribution in [2.45, 2.75) is 13.8 Å².